The number of halogens is 1. The largest absolute Gasteiger partial charge is 0.324 e. The summed E-state index contributed by atoms with van der Waals surface area (Å²) < 4.78 is 14.1. The number of aryl methyl sites for hydroxylation is 3. The van der Waals surface area contributed by atoms with Crippen LogP contribution >= 0.6 is 11.8 Å². The summed E-state index contributed by atoms with van der Waals surface area (Å²) in [5.41, 5.74) is 5.19. The highest BCUT2D eigenvalue weighted by molar-refractivity contribution is 8.02. The monoisotopic (exact) mass is 489 g/mol. The molecule has 3 aromatic rings. The molecule has 2 aliphatic heterocycles. The topological polar surface area (TPSA) is 69.7 Å². The van der Waals surface area contributed by atoms with Crippen LogP contribution in [0.25, 0.3) is 0 Å². The highest BCUT2D eigenvalue weighted by Gasteiger charge is 2.61. The van der Waals surface area contributed by atoms with E-state index in [-0.39, 0.29) is 24.1 Å². The van der Waals surface area contributed by atoms with Gasteiger partial charge in [-0.2, -0.15) is 0 Å². The molecule has 8 heteroatoms. The number of hydrogen-bond acceptors (Lipinski definition) is 4. The van der Waals surface area contributed by atoms with E-state index in [1.54, 1.807) is 30.3 Å². The Morgan fingerprint density at radius 2 is 1.74 bits per heavy atom. The molecule has 178 valence electrons. The van der Waals surface area contributed by atoms with Gasteiger partial charge in [0.05, 0.1) is 11.4 Å². The van der Waals surface area contributed by atoms with Gasteiger partial charge in [0.15, 0.2) is 0 Å². The number of thioether (sulfide) groups is 1. The van der Waals surface area contributed by atoms with E-state index in [2.05, 4.69) is 5.32 Å². The molecule has 0 bridgehead atoms. The summed E-state index contributed by atoms with van der Waals surface area (Å²) in [4.78, 5) is 41.5. The van der Waals surface area contributed by atoms with Crippen molar-refractivity contribution in [3.63, 3.8) is 0 Å². The number of carbonyl (C=O) groups is 3. The molecule has 2 heterocycles. The summed E-state index contributed by atoms with van der Waals surface area (Å²) in [5.74, 6) is -1.46. The molecule has 6 nitrogen and oxygen atoms in total. The van der Waals surface area contributed by atoms with Crippen LogP contribution in [0, 0.1) is 26.6 Å². The molecule has 1 atom stereocenters. The second-order valence-electron chi connectivity index (χ2n) is 8.87. The Hall–Kier alpha value is -3.65. The Kier molecular flexibility index (Phi) is 5.63. The van der Waals surface area contributed by atoms with E-state index in [0.29, 0.717) is 16.9 Å². The smallest absolute Gasteiger partial charge is 0.269 e. The van der Waals surface area contributed by atoms with Crippen LogP contribution in [0.4, 0.5) is 21.5 Å². The summed E-state index contributed by atoms with van der Waals surface area (Å²) in [6, 6.07) is 16.8. The van der Waals surface area contributed by atoms with Crippen LogP contribution in [-0.2, 0) is 19.3 Å². The fraction of sp³-hybridized carbons (Fsp3) is 0.222. The van der Waals surface area contributed by atoms with E-state index in [9.17, 15) is 18.8 Å². The molecule has 2 aliphatic rings. The second-order valence-corrected chi connectivity index (χ2v) is 10.0. The number of para-hydroxylation sites is 1. The van der Waals surface area contributed by atoms with Gasteiger partial charge in [0.25, 0.3) is 5.91 Å². The number of nitrogens with zero attached hydrogens (tertiary/aromatic N) is 2. The standard InChI is InChI=1S/C27H24FN3O3S/c1-16-11-17(2)25(18(3)12-16)29-23(32)14-30-22-10-5-4-9-21(22)27(26(30)34)31(24(33)15-35-27)20-8-6-7-19(28)13-20/h4-13H,14-15H2,1-3H3,(H,29,32). The molecule has 35 heavy (non-hydrogen) atoms. The predicted octanol–water partition coefficient (Wildman–Crippen LogP) is 4.67. The summed E-state index contributed by atoms with van der Waals surface area (Å²) in [7, 11) is 0. The lowest BCUT2D eigenvalue weighted by molar-refractivity contribution is -0.124. The van der Waals surface area contributed by atoms with Gasteiger partial charge in [-0.15, -0.1) is 11.8 Å². The third-order valence-electron chi connectivity index (χ3n) is 6.37. The number of benzene rings is 3. The van der Waals surface area contributed by atoms with Gasteiger partial charge in [0.2, 0.25) is 16.7 Å². The SMILES string of the molecule is Cc1cc(C)c(NC(=O)CN2C(=O)C3(SCC(=O)N3c3cccc(F)c3)c3ccccc32)c(C)c1. The van der Waals surface area contributed by atoms with Gasteiger partial charge in [-0.1, -0.05) is 42.0 Å². The lowest BCUT2D eigenvalue weighted by Gasteiger charge is -2.33. The lowest BCUT2D eigenvalue weighted by atomic mass is 10.0. The van der Waals surface area contributed by atoms with Crippen molar-refractivity contribution in [3.05, 3.63) is 88.7 Å². The molecule has 0 radical (unpaired) electrons. The van der Waals surface area contributed by atoms with Crippen LogP contribution in [0.3, 0.4) is 0 Å². The maximum Gasteiger partial charge on any atom is 0.269 e. The van der Waals surface area contributed by atoms with Crippen molar-refractivity contribution in [2.75, 3.05) is 27.4 Å². The number of nitrogens with one attached hydrogen (secondary N) is 1. The number of fused-ring (bicyclic) bond motifs is 2. The minimum atomic E-state index is -1.39. The van der Waals surface area contributed by atoms with Crippen molar-refractivity contribution in [1.29, 1.82) is 0 Å². The van der Waals surface area contributed by atoms with Crippen molar-refractivity contribution < 1.29 is 18.8 Å². The Labute approximate surface area is 207 Å². The van der Waals surface area contributed by atoms with Crippen LogP contribution < -0.4 is 15.1 Å². The minimum absolute atomic E-state index is 0.0678. The van der Waals surface area contributed by atoms with Gasteiger partial charge in [-0.25, -0.2) is 4.39 Å². The molecule has 5 rings (SSSR count). The Bertz CT molecular complexity index is 1370. The van der Waals surface area contributed by atoms with Gasteiger partial charge < -0.3 is 5.32 Å². The average Bonchev–Trinajstić information content (AvgIpc) is 3.27. The zero-order valence-electron chi connectivity index (χ0n) is 19.6. The number of amides is 3. The van der Waals surface area contributed by atoms with E-state index >= 15 is 0 Å². The fourth-order valence-corrected chi connectivity index (χ4v) is 6.39. The summed E-state index contributed by atoms with van der Waals surface area (Å²) in [6.45, 7) is 5.64. The van der Waals surface area contributed by atoms with Gasteiger partial charge in [-0.3, -0.25) is 24.2 Å². The number of carbonyl (C=O) groups excluding carboxylic acids is 3. The molecular weight excluding hydrogens is 465 g/mol. The third kappa shape index (κ3) is 3.69. The molecule has 3 aromatic carbocycles. The van der Waals surface area contributed by atoms with Gasteiger partial charge in [0, 0.05) is 16.9 Å². The summed E-state index contributed by atoms with van der Waals surface area (Å²) in [5, 5.41) is 2.95. The van der Waals surface area contributed by atoms with E-state index in [4.69, 9.17) is 0 Å². The molecule has 1 fully saturated rings. The van der Waals surface area contributed by atoms with Crippen molar-refractivity contribution in [2.24, 2.45) is 0 Å². The fourth-order valence-electron chi connectivity index (χ4n) is 5.03. The van der Waals surface area contributed by atoms with E-state index in [0.717, 1.165) is 22.4 Å². The number of hydrogen-bond donors (Lipinski definition) is 1. The van der Waals surface area contributed by atoms with Gasteiger partial charge in [-0.05, 0) is 56.2 Å². The van der Waals surface area contributed by atoms with Crippen LogP contribution in [-0.4, -0.2) is 30.0 Å². The zero-order valence-corrected chi connectivity index (χ0v) is 20.4. The molecule has 1 N–H and O–H groups in total. The minimum Gasteiger partial charge on any atom is -0.324 e. The average molecular weight is 490 g/mol. The van der Waals surface area contributed by atoms with Crippen molar-refractivity contribution in [2.45, 2.75) is 25.6 Å². The van der Waals surface area contributed by atoms with E-state index in [1.165, 1.54) is 39.8 Å². The summed E-state index contributed by atoms with van der Waals surface area (Å²) in [6.07, 6.45) is 0. The molecule has 0 aliphatic carbocycles. The highest BCUT2D eigenvalue weighted by Crippen LogP contribution is 2.55. The number of rotatable bonds is 4. The van der Waals surface area contributed by atoms with Crippen molar-refractivity contribution in [1.82, 2.24) is 0 Å². The lowest BCUT2D eigenvalue weighted by Crippen LogP contribution is -2.51. The summed E-state index contributed by atoms with van der Waals surface area (Å²) >= 11 is 1.19. The first-order valence-electron chi connectivity index (χ1n) is 11.2. The van der Waals surface area contributed by atoms with Crippen molar-refractivity contribution >= 4 is 46.5 Å². The van der Waals surface area contributed by atoms with Crippen LogP contribution in [0.15, 0.2) is 60.7 Å². The van der Waals surface area contributed by atoms with Crippen molar-refractivity contribution in [3.8, 4) is 0 Å². The van der Waals surface area contributed by atoms with Crippen LogP contribution in [0.2, 0.25) is 0 Å². The maximum absolute atomic E-state index is 14.1. The van der Waals surface area contributed by atoms with E-state index < -0.39 is 16.6 Å². The van der Waals surface area contributed by atoms with Crippen LogP contribution in [0.5, 0.6) is 0 Å². The van der Waals surface area contributed by atoms with E-state index in [1.807, 2.05) is 32.9 Å². The van der Waals surface area contributed by atoms with Crippen LogP contribution in [0.1, 0.15) is 22.3 Å². The quantitative estimate of drug-likeness (QED) is 0.578. The molecule has 0 aromatic heterocycles. The first-order chi connectivity index (χ1) is 16.7. The molecular formula is C27H24FN3O3S. The third-order valence-corrected chi connectivity index (χ3v) is 7.76. The predicted molar refractivity (Wildman–Crippen MR) is 136 cm³/mol. The molecule has 1 unspecified atom stereocenters. The maximum atomic E-state index is 14.1. The molecule has 1 saturated heterocycles. The Balaban J connectivity index is 1.52. The first-order valence-corrected chi connectivity index (χ1v) is 12.2. The Morgan fingerprint density at radius 1 is 1.03 bits per heavy atom. The Morgan fingerprint density at radius 3 is 2.46 bits per heavy atom. The zero-order chi connectivity index (χ0) is 24.9. The highest BCUT2D eigenvalue weighted by atomic mass is 32.2. The molecule has 0 saturated carbocycles. The number of anilines is 3. The molecule has 1 spiro atoms. The first kappa shape index (κ1) is 23.1. The second kappa shape index (κ2) is 8.53. The normalized spacial score (nSPS) is 19.0. The van der Waals surface area contributed by atoms with Gasteiger partial charge in [0.1, 0.15) is 12.4 Å². The van der Waals surface area contributed by atoms with Gasteiger partial charge >= 0.3 is 0 Å². The molecule has 3 amide bonds.